The number of aryl methyl sites for hydroxylation is 2. The molecule has 0 saturated carbocycles. The molecule has 0 fully saturated rings. The standard InChI is InChI=1S/C23H21ClFN3O2/c1-12-6-17-8-21(26-22(17)10-19(12)24)15-4-5-16(20(25)7-15)11-28-14(3)18(9-23(29)30)13(2)27-28/h4-8,10,26H,9,11H2,1-3H3,(H,29,30). The fourth-order valence-electron chi connectivity index (χ4n) is 3.72. The highest BCUT2D eigenvalue weighted by Gasteiger charge is 2.16. The van der Waals surface area contributed by atoms with Crippen molar-refractivity contribution in [2.45, 2.75) is 33.7 Å². The smallest absolute Gasteiger partial charge is 0.307 e. The number of benzene rings is 2. The van der Waals surface area contributed by atoms with Gasteiger partial charge in [-0.05, 0) is 50.6 Å². The summed E-state index contributed by atoms with van der Waals surface area (Å²) in [5.41, 5.74) is 5.99. The maximum absolute atomic E-state index is 14.9. The molecular weight excluding hydrogens is 405 g/mol. The van der Waals surface area contributed by atoms with Crippen LogP contribution in [0.3, 0.4) is 0 Å². The van der Waals surface area contributed by atoms with Crippen LogP contribution in [0.4, 0.5) is 4.39 Å². The van der Waals surface area contributed by atoms with E-state index in [9.17, 15) is 9.18 Å². The molecule has 0 aliphatic heterocycles. The lowest BCUT2D eigenvalue weighted by molar-refractivity contribution is -0.136. The van der Waals surface area contributed by atoms with E-state index in [2.05, 4.69) is 10.1 Å². The van der Waals surface area contributed by atoms with Crippen molar-refractivity contribution in [1.82, 2.24) is 14.8 Å². The second-order valence-electron chi connectivity index (χ2n) is 7.56. The van der Waals surface area contributed by atoms with Crippen LogP contribution in [0.5, 0.6) is 0 Å². The Labute approximate surface area is 178 Å². The Balaban J connectivity index is 1.64. The second-order valence-corrected chi connectivity index (χ2v) is 7.96. The van der Waals surface area contributed by atoms with Crippen LogP contribution in [0.15, 0.2) is 36.4 Å². The average Bonchev–Trinajstić information content (AvgIpc) is 3.19. The van der Waals surface area contributed by atoms with Crippen LogP contribution in [0.1, 0.15) is 28.1 Å². The topological polar surface area (TPSA) is 70.9 Å². The largest absolute Gasteiger partial charge is 0.481 e. The molecule has 0 unspecified atom stereocenters. The summed E-state index contributed by atoms with van der Waals surface area (Å²) in [6.07, 6.45) is -0.0943. The summed E-state index contributed by atoms with van der Waals surface area (Å²) >= 11 is 6.20. The molecular formula is C23H21ClFN3O2. The van der Waals surface area contributed by atoms with Crippen LogP contribution in [-0.4, -0.2) is 25.8 Å². The quantitative estimate of drug-likeness (QED) is 0.448. The molecule has 2 aromatic heterocycles. The molecule has 0 spiro atoms. The number of carbonyl (C=O) groups is 1. The lowest BCUT2D eigenvalue weighted by Gasteiger charge is -2.08. The number of nitrogens with zero attached hydrogens (tertiary/aromatic N) is 2. The maximum Gasteiger partial charge on any atom is 0.307 e. The first-order valence-electron chi connectivity index (χ1n) is 9.55. The zero-order chi connectivity index (χ0) is 21.6. The molecule has 154 valence electrons. The van der Waals surface area contributed by atoms with Crippen LogP contribution in [0.2, 0.25) is 5.02 Å². The summed E-state index contributed by atoms with van der Waals surface area (Å²) < 4.78 is 16.5. The normalized spacial score (nSPS) is 11.4. The van der Waals surface area contributed by atoms with Crippen LogP contribution >= 0.6 is 11.6 Å². The van der Waals surface area contributed by atoms with Gasteiger partial charge < -0.3 is 10.1 Å². The van der Waals surface area contributed by atoms with E-state index in [1.165, 1.54) is 6.07 Å². The second kappa shape index (κ2) is 7.61. The number of hydrogen-bond donors (Lipinski definition) is 2. The number of aromatic nitrogens is 3. The molecule has 2 N–H and O–H groups in total. The van der Waals surface area contributed by atoms with Gasteiger partial charge in [-0.15, -0.1) is 0 Å². The third-order valence-electron chi connectivity index (χ3n) is 5.44. The molecule has 2 heterocycles. The zero-order valence-electron chi connectivity index (χ0n) is 16.9. The molecule has 0 bridgehead atoms. The van der Waals surface area contributed by atoms with E-state index in [1.54, 1.807) is 17.7 Å². The van der Waals surface area contributed by atoms with Crippen molar-refractivity contribution >= 4 is 28.5 Å². The van der Waals surface area contributed by atoms with Gasteiger partial charge in [0.1, 0.15) is 5.82 Å². The molecule has 7 heteroatoms. The Bertz CT molecular complexity index is 1250. The van der Waals surface area contributed by atoms with E-state index in [4.69, 9.17) is 16.7 Å². The summed E-state index contributed by atoms with van der Waals surface area (Å²) in [5, 5.41) is 15.2. The predicted octanol–water partition coefficient (Wildman–Crippen LogP) is 5.42. The molecule has 5 nitrogen and oxygen atoms in total. The Morgan fingerprint density at radius 1 is 1.20 bits per heavy atom. The number of hydrogen-bond acceptors (Lipinski definition) is 2. The Morgan fingerprint density at radius 3 is 2.67 bits per heavy atom. The Hall–Kier alpha value is -3.12. The molecule has 4 rings (SSSR count). The van der Waals surface area contributed by atoms with Crippen LogP contribution in [0.25, 0.3) is 22.2 Å². The van der Waals surface area contributed by atoms with Gasteiger partial charge in [0.15, 0.2) is 0 Å². The number of rotatable bonds is 5. The SMILES string of the molecule is Cc1cc2cc(-c3ccc(Cn4nc(C)c(CC(=O)O)c4C)c(F)c3)[nH]c2cc1Cl. The number of H-pyrrole nitrogens is 1. The summed E-state index contributed by atoms with van der Waals surface area (Å²) in [5.74, 6) is -1.25. The van der Waals surface area contributed by atoms with Gasteiger partial charge in [0.2, 0.25) is 0 Å². The minimum Gasteiger partial charge on any atom is -0.481 e. The van der Waals surface area contributed by atoms with E-state index in [1.807, 2.05) is 38.1 Å². The third-order valence-corrected chi connectivity index (χ3v) is 5.85. The highest BCUT2D eigenvalue weighted by Crippen LogP contribution is 2.29. The van der Waals surface area contributed by atoms with Crippen molar-refractivity contribution in [3.63, 3.8) is 0 Å². The van der Waals surface area contributed by atoms with Gasteiger partial charge in [-0.3, -0.25) is 9.48 Å². The highest BCUT2D eigenvalue weighted by atomic mass is 35.5. The van der Waals surface area contributed by atoms with Gasteiger partial charge in [0.05, 0.1) is 18.7 Å². The molecule has 30 heavy (non-hydrogen) atoms. The summed E-state index contributed by atoms with van der Waals surface area (Å²) in [4.78, 5) is 14.4. The van der Waals surface area contributed by atoms with Crippen molar-refractivity contribution < 1.29 is 14.3 Å². The van der Waals surface area contributed by atoms with Crippen molar-refractivity contribution in [3.8, 4) is 11.3 Å². The monoisotopic (exact) mass is 425 g/mol. The summed E-state index contributed by atoms with van der Waals surface area (Å²) in [7, 11) is 0. The van der Waals surface area contributed by atoms with Gasteiger partial charge in [-0.1, -0.05) is 23.7 Å². The minimum absolute atomic E-state index is 0.0943. The number of carboxylic acids is 1. The van der Waals surface area contributed by atoms with E-state index in [0.717, 1.165) is 33.4 Å². The fourth-order valence-corrected chi connectivity index (χ4v) is 3.89. The predicted molar refractivity (Wildman–Crippen MR) is 116 cm³/mol. The van der Waals surface area contributed by atoms with Gasteiger partial charge >= 0.3 is 5.97 Å². The number of fused-ring (bicyclic) bond motifs is 1. The van der Waals surface area contributed by atoms with Gasteiger partial charge in [-0.25, -0.2) is 4.39 Å². The molecule has 0 radical (unpaired) electrons. The fraction of sp³-hybridized carbons (Fsp3) is 0.217. The zero-order valence-corrected chi connectivity index (χ0v) is 17.6. The number of nitrogens with one attached hydrogen (secondary N) is 1. The Kier molecular flexibility index (Phi) is 5.12. The molecule has 2 aromatic carbocycles. The van der Waals surface area contributed by atoms with E-state index in [-0.39, 0.29) is 18.8 Å². The van der Waals surface area contributed by atoms with Crippen LogP contribution in [-0.2, 0) is 17.8 Å². The first-order chi connectivity index (χ1) is 14.2. The van der Waals surface area contributed by atoms with Crippen molar-refractivity contribution in [2.75, 3.05) is 0 Å². The molecule has 0 amide bonds. The molecule has 4 aromatic rings. The highest BCUT2D eigenvalue weighted by molar-refractivity contribution is 6.32. The van der Waals surface area contributed by atoms with Crippen molar-refractivity contribution in [1.29, 1.82) is 0 Å². The number of carboxylic acid groups (broad SMARTS) is 1. The average molecular weight is 426 g/mol. The van der Waals surface area contributed by atoms with Crippen molar-refractivity contribution in [2.24, 2.45) is 0 Å². The summed E-state index contributed by atoms with van der Waals surface area (Å²) in [6.45, 7) is 5.76. The van der Waals surface area contributed by atoms with Crippen LogP contribution in [0, 0.1) is 26.6 Å². The lowest BCUT2D eigenvalue weighted by Crippen LogP contribution is -2.07. The third kappa shape index (κ3) is 3.71. The van der Waals surface area contributed by atoms with E-state index in [0.29, 0.717) is 21.8 Å². The lowest BCUT2D eigenvalue weighted by atomic mass is 10.1. The molecule has 0 saturated heterocycles. The van der Waals surface area contributed by atoms with E-state index >= 15 is 0 Å². The first kappa shape index (κ1) is 20.2. The van der Waals surface area contributed by atoms with Gasteiger partial charge in [0.25, 0.3) is 0 Å². The number of halogens is 2. The summed E-state index contributed by atoms with van der Waals surface area (Å²) in [6, 6.07) is 11.0. The molecule has 0 aliphatic carbocycles. The maximum atomic E-state index is 14.9. The minimum atomic E-state index is -0.911. The van der Waals surface area contributed by atoms with Crippen molar-refractivity contribution in [3.05, 3.63) is 75.3 Å². The first-order valence-corrected chi connectivity index (χ1v) is 9.93. The van der Waals surface area contributed by atoms with Gasteiger partial charge in [-0.2, -0.15) is 5.10 Å². The number of aromatic amines is 1. The molecule has 0 atom stereocenters. The van der Waals surface area contributed by atoms with E-state index < -0.39 is 5.97 Å². The molecule has 0 aliphatic rings. The van der Waals surface area contributed by atoms with Crippen LogP contribution < -0.4 is 0 Å². The Morgan fingerprint density at radius 2 is 1.97 bits per heavy atom. The number of aliphatic carboxylic acids is 1. The van der Waals surface area contributed by atoms with Gasteiger partial charge in [0, 0.05) is 44.0 Å².